The van der Waals surface area contributed by atoms with Gasteiger partial charge in [-0.25, -0.2) is 4.63 Å². The molecular formula is C17H23N3O3. The number of aromatic nitrogens is 2. The van der Waals surface area contributed by atoms with Crippen LogP contribution in [0.4, 0.5) is 5.82 Å². The largest absolute Gasteiger partial charge is 0.494 e. The number of ether oxygens (including phenoxy) is 1. The van der Waals surface area contributed by atoms with Gasteiger partial charge in [0.1, 0.15) is 11.4 Å². The predicted molar refractivity (Wildman–Crippen MR) is 87.7 cm³/mol. The van der Waals surface area contributed by atoms with Gasteiger partial charge in [0.05, 0.1) is 6.61 Å². The van der Waals surface area contributed by atoms with Crippen LogP contribution in [0.15, 0.2) is 28.9 Å². The van der Waals surface area contributed by atoms with Crippen molar-refractivity contribution in [3.8, 4) is 5.75 Å². The van der Waals surface area contributed by atoms with Gasteiger partial charge in [0.15, 0.2) is 0 Å². The predicted octanol–water partition coefficient (Wildman–Crippen LogP) is 3.84. The fourth-order valence-corrected chi connectivity index (χ4v) is 2.13. The van der Waals surface area contributed by atoms with Crippen LogP contribution in [0.5, 0.6) is 5.75 Å². The number of amides is 1. The lowest BCUT2D eigenvalue weighted by atomic mass is 10.2. The Morgan fingerprint density at radius 1 is 1.13 bits per heavy atom. The van der Waals surface area contributed by atoms with Crippen LogP contribution in [0.1, 0.15) is 55.6 Å². The standard InChI is InChI=1S/C17H23N3O3/c1-3-5-6-7-12-22-14-10-8-13(9-11-14)17(21)18-16-15(4-2)19-23-20-16/h8-11H,3-7,12H2,1-2H3,(H,18,20,21). The van der Waals surface area contributed by atoms with Gasteiger partial charge in [0, 0.05) is 5.56 Å². The van der Waals surface area contributed by atoms with Crippen molar-refractivity contribution in [2.75, 3.05) is 11.9 Å². The average molecular weight is 317 g/mol. The van der Waals surface area contributed by atoms with Gasteiger partial charge in [-0.15, -0.1) is 0 Å². The van der Waals surface area contributed by atoms with Gasteiger partial charge in [-0.05, 0) is 42.3 Å². The number of hydrogen-bond acceptors (Lipinski definition) is 5. The average Bonchev–Trinajstić information content (AvgIpc) is 3.02. The summed E-state index contributed by atoms with van der Waals surface area (Å²) in [7, 11) is 0. The van der Waals surface area contributed by atoms with Crippen LogP contribution < -0.4 is 10.1 Å². The highest BCUT2D eigenvalue weighted by Gasteiger charge is 2.13. The van der Waals surface area contributed by atoms with E-state index in [1.807, 2.05) is 6.92 Å². The first-order valence-electron chi connectivity index (χ1n) is 8.10. The van der Waals surface area contributed by atoms with Crippen molar-refractivity contribution in [3.05, 3.63) is 35.5 Å². The van der Waals surface area contributed by atoms with E-state index in [1.165, 1.54) is 19.3 Å². The van der Waals surface area contributed by atoms with Gasteiger partial charge < -0.3 is 10.1 Å². The molecule has 1 N–H and O–H groups in total. The summed E-state index contributed by atoms with van der Waals surface area (Å²) in [4.78, 5) is 12.2. The van der Waals surface area contributed by atoms with Gasteiger partial charge in [-0.2, -0.15) is 0 Å². The highest BCUT2D eigenvalue weighted by molar-refractivity contribution is 6.04. The third-order valence-corrected chi connectivity index (χ3v) is 3.51. The van der Waals surface area contributed by atoms with E-state index in [1.54, 1.807) is 24.3 Å². The number of carbonyl (C=O) groups is 1. The normalized spacial score (nSPS) is 10.5. The third kappa shape index (κ3) is 5.09. The molecule has 0 aliphatic rings. The molecule has 1 heterocycles. The molecule has 0 unspecified atom stereocenters. The SMILES string of the molecule is CCCCCCOc1ccc(C(=O)Nc2nonc2CC)cc1. The molecule has 0 aliphatic carbocycles. The maximum absolute atomic E-state index is 12.2. The van der Waals surface area contributed by atoms with Crippen LogP contribution in [0.3, 0.4) is 0 Å². The van der Waals surface area contributed by atoms with E-state index >= 15 is 0 Å². The summed E-state index contributed by atoms with van der Waals surface area (Å²) in [5.74, 6) is 0.897. The Morgan fingerprint density at radius 3 is 2.61 bits per heavy atom. The smallest absolute Gasteiger partial charge is 0.256 e. The zero-order valence-corrected chi connectivity index (χ0v) is 13.7. The summed E-state index contributed by atoms with van der Waals surface area (Å²) in [6, 6.07) is 7.07. The molecule has 0 saturated heterocycles. The monoisotopic (exact) mass is 317 g/mol. The van der Waals surface area contributed by atoms with Gasteiger partial charge >= 0.3 is 0 Å². The van der Waals surface area contributed by atoms with Gasteiger partial charge in [-0.3, -0.25) is 4.79 Å². The molecule has 0 aliphatic heterocycles. The van der Waals surface area contributed by atoms with E-state index in [9.17, 15) is 4.79 Å². The van der Waals surface area contributed by atoms with Crippen molar-refractivity contribution >= 4 is 11.7 Å². The zero-order chi connectivity index (χ0) is 16.5. The van der Waals surface area contributed by atoms with Crippen LogP contribution in [0.25, 0.3) is 0 Å². The van der Waals surface area contributed by atoms with Crippen LogP contribution in [0.2, 0.25) is 0 Å². The Morgan fingerprint density at radius 2 is 1.91 bits per heavy atom. The lowest BCUT2D eigenvalue weighted by Gasteiger charge is -2.07. The highest BCUT2D eigenvalue weighted by atomic mass is 16.6. The van der Waals surface area contributed by atoms with Gasteiger partial charge in [0.25, 0.3) is 5.91 Å². The van der Waals surface area contributed by atoms with Crippen LogP contribution in [0, 0.1) is 0 Å². The number of nitrogens with one attached hydrogen (secondary N) is 1. The Labute approximate surface area is 136 Å². The minimum atomic E-state index is -0.245. The zero-order valence-electron chi connectivity index (χ0n) is 13.7. The lowest BCUT2D eigenvalue weighted by molar-refractivity contribution is 0.102. The second-order valence-corrected chi connectivity index (χ2v) is 5.30. The minimum Gasteiger partial charge on any atom is -0.494 e. The first kappa shape index (κ1) is 17.0. The summed E-state index contributed by atoms with van der Waals surface area (Å²) in [5.41, 5.74) is 1.17. The van der Waals surface area contributed by atoms with Crippen molar-refractivity contribution in [2.45, 2.75) is 46.0 Å². The number of anilines is 1. The van der Waals surface area contributed by atoms with Crippen LogP contribution in [-0.4, -0.2) is 22.8 Å². The van der Waals surface area contributed by atoms with E-state index in [2.05, 4.69) is 27.2 Å². The van der Waals surface area contributed by atoms with E-state index in [4.69, 9.17) is 4.74 Å². The Kier molecular flexibility index (Phi) is 6.59. The molecular weight excluding hydrogens is 294 g/mol. The number of hydrogen-bond donors (Lipinski definition) is 1. The van der Waals surface area contributed by atoms with E-state index < -0.39 is 0 Å². The highest BCUT2D eigenvalue weighted by Crippen LogP contribution is 2.15. The number of aryl methyl sites for hydroxylation is 1. The molecule has 0 saturated carbocycles. The molecule has 1 aromatic carbocycles. The lowest BCUT2D eigenvalue weighted by Crippen LogP contribution is -2.13. The number of nitrogens with zero attached hydrogens (tertiary/aromatic N) is 2. The summed E-state index contributed by atoms with van der Waals surface area (Å²) in [6.45, 7) is 4.81. The molecule has 6 heteroatoms. The maximum Gasteiger partial charge on any atom is 0.256 e. The summed E-state index contributed by atoms with van der Waals surface area (Å²) in [6.07, 6.45) is 5.32. The number of benzene rings is 1. The van der Waals surface area contributed by atoms with E-state index in [0.29, 0.717) is 30.1 Å². The molecule has 2 aromatic rings. The van der Waals surface area contributed by atoms with Crippen molar-refractivity contribution in [1.29, 1.82) is 0 Å². The molecule has 2 rings (SSSR count). The van der Waals surface area contributed by atoms with Crippen molar-refractivity contribution in [2.24, 2.45) is 0 Å². The quantitative estimate of drug-likeness (QED) is 0.711. The Bertz CT molecular complexity index is 608. The van der Waals surface area contributed by atoms with Gasteiger partial charge in [0.2, 0.25) is 5.82 Å². The molecule has 124 valence electrons. The molecule has 1 aromatic heterocycles. The third-order valence-electron chi connectivity index (χ3n) is 3.51. The first-order valence-corrected chi connectivity index (χ1v) is 8.10. The molecule has 1 amide bonds. The minimum absolute atomic E-state index is 0.245. The number of rotatable bonds is 9. The second kappa shape index (κ2) is 8.92. The van der Waals surface area contributed by atoms with Crippen molar-refractivity contribution in [1.82, 2.24) is 10.3 Å². The van der Waals surface area contributed by atoms with Crippen molar-refractivity contribution in [3.63, 3.8) is 0 Å². The van der Waals surface area contributed by atoms with Gasteiger partial charge in [-0.1, -0.05) is 38.3 Å². The molecule has 23 heavy (non-hydrogen) atoms. The fraction of sp³-hybridized carbons (Fsp3) is 0.471. The summed E-state index contributed by atoms with van der Waals surface area (Å²) >= 11 is 0. The Hall–Kier alpha value is -2.37. The summed E-state index contributed by atoms with van der Waals surface area (Å²) < 4.78 is 10.3. The van der Waals surface area contributed by atoms with E-state index in [-0.39, 0.29) is 5.91 Å². The summed E-state index contributed by atoms with van der Waals surface area (Å²) in [5, 5.41) is 10.1. The molecule has 0 atom stereocenters. The number of carbonyl (C=O) groups excluding carboxylic acids is 1. The van der Waals surface area contributed by atoms with Crippen LogP contribution in [-0.2, 0) is 6.42 Å². The Balaban J connectivity index is 1.85. The topological polar surface area (TPSA) is 77.2 Å². The van der Waals surface area contributed by atoms with E-state index in [0.717, 1.165) is 12.2 Å². The number of unbranched alkanes of at least 4 members (excludes halogenated alkanes) is 3. The molecule has 0 bridgehead atoms. The molecule has 0 spiro atoms. The molecule has 0 fully saturated rings. The van der Waals surface area contributed by atoms with Crippen LogP contribution >= 0.6 is 0 Å². The fourth-order valence-electron chi connectivity index (χ4n) is 2.13. The molecule has 6 nitrogen and oxygen atoms in total. The molecule has 0 radical (unpaired) electrons. The second-order valence-electron chi connectivity index (χ2n) is 5.30. The van der Waals surface area contributed by atoms with Crippen molar-refractivity contribution < 1.29 is 14.2 Å². The maximum atomic E-state index is 12.2. The first-order chi connectivity index (χ1) is 11.2.